The van der Waals surface area contributed by atoms with Crippen molar-refractivity contribution in [3.05, 3.63) is 72.1 Å². The van der Waals surface area contributed by atoms with E-state index in [9.17, 15) is 9.59 Å². The third-order valence-corrected chi connectivity index (χ3v) is 6.13. The van der Waals surface area contributed by atoms with Gasteiger partial charge in [0, 0.05) is 36.5 Å². The Balaban J connectivity index is 1.73. The normalized spacial score (nSPS) is 18.0. The van der Waals surface area contributed by atoms with Crippen molar-refractivity contribution < 1.29 is 19.1 Å². The van der Waals surface area contributed by atoms with Gasteiger partial charge in [-0.3, -0.25) is 14.7 Å². The number of hydrogen-bond acceptors (Lipinski definition) is 6. The van der Waals surface area contributed by atoms with Crippen molar-refractivity contribution in [3.8, 4) is 11.5 Å². The van der Waals surface area contributed by atoms with Gasteiger partial charge in [-0.05, 0) is 37.1 Å². The van der Waals surface area contributed by atoms with Crippen molar-refractivity contribution in [2.24, 2.45) is 16.0 Å². The fraction of sp³-hybridized carbons (Fsp3) is 0.333. The average molecular weight is 490 g/mol. The molecular formula is C27H31N5O4. The minimum absolute atomic E-state index is 0.0650. The van der Waals surface area contributed by atoms with Gasteiger partial charge in [-0.25, -0.2) is 9.80 Å². The van der Waals surface area contributed by atoms with Gasteiger partial charge in [0.1, 0.15) is 0 Å². The van der Waals surface area contributed by atoms with Gasteiger partial charge >= 0.3 is 6.03 Å². The quantitative estimate of drug-likeness (QED) is 0.597. The van der Waals surface area contributed by atoms with Crippen LogP contribution in [0.5, 0.6) is 11.5 Å². The van der Waals surface area contributed by atoms with E-state index in [1.54, 1.807) is 25.7 Å². The van der Waals surface area contributed by atoms with Crippen molar-refractivity contribution in [1.29, 1.82) is 0 Å². The molecule has 9 nitrogen and oxygen atoms in total. The third-order valence-electron chi connectivity index (χ3n) is 6.13. The molecule has 0 spiro atoms. The van der Waals surface area contributed by atoms with E-state index >= 15 is 0 Å². The van der Waals surface area contributed by atoms with Gasteiger partial charge < -0.3 is 14.8 Å². The Morgan fingerprint density at radius 2 is 1.97 bits per heavy atom. The second-order valence-electron chi connectivity index (χ2n) is 8.38. The molecule has 188 valence electrons. The molecule has 2 aliphatic rings. The predicted octanol–water partition coefficient (Wildman–Crippen LogP) is 4.32. The first kappa shape index (κ1) is 25.0. The summed E-state index contributed by atoms with van der Waals surface area (Å²) in [5, 5.41) is 9.21. The first-order valence-corrected chi connectivity index (χ1v) is 12.1. The summed E-state index contributed by atoms with van der Waals surface area (Å²) in [4.78, 5) is 31.9. The molecule has 2 unspecified atom stereocenters. The number of nitrogens with zero attached hydrogens (tertiary/aromatic N) is 4. The smallest absolute Gasteiger partial charge is 0.323 e. The van der Waals surface area contributed by atoms with E-state index in [0.717, 1.165) is 23.3 Å². The molecule has 2 aromatic rings. The van der Waals surface area contributed by atoms with Crippen LogP contribution in [0.4, 0.5) is 4.79 Å². The van der Waals surface area contributed by atoms with Crippen LogP contribution in [0.2, 0.25) is 0 Å². The molecule has 3 amide bonds. The first-order valence-electron chi connectivity index (χ1n) is 12.1. The second kappa shape index (κ2) is 11.5. The first-order chi connectivity index (χ1) is 17.5. The van der Waals surface area contributed by atoms with Crippen LogP contribution in [0.1, 0.15) is 44.0 Å². The SMILES string of the molecule is CCOc1ccc(C2=NN(C(NC(=O)N3C=CN=CC3)c3ccccc3)C(=O)CC2CC)cc1OC. The minimum atomic E-state index is -0.782. The molecule has 2 aliphatic heterocycles. The lowest BCUT2D eigenvalue weighted by atomic mass is 9.89. The monoisotopic (exact) mass is 489 g/mol. The van der Waals surface area contributed by atoms with Gasteiger partial charge in [-0.15, -0.1) is 0 Å². The summed E-state index contributed by atoms with van der Waals surface area (Å²) in [5.74, 6) is 1.02. The Kier molecular flexibility index (Phi) is 7.99. The number of amides is 3. The van der Waals surface area contributed by atoms with E-state index in [1.165, 1.54) is 9.91 Å². The minimum Gasteiger partial charge on any atom is -0.493 e. The van der Waals surface area contributed by atoms with Gasteiger partial charge in [0.15, 0.2) is 17.7 Å². The van der Waals surface area contributed by atoms with Gasteiger partial charge in [0.2, 0.25) is 5.91 Å². The summed E-state index contributed by atoms with van der Waals surface area (Å²) in [5.41, 5.74) is 2.35. The number of carbonyl (C=O) groups is 2. The lowest BCUT2D eigenvalue weighted by molar-refractivity contribution is -0.135. The highest BCUT2D eigenvalue weighted by Gasteiger charge is 2.35. The van der Waals surface area contributed by atoms with Crippen LogP contribution < -0.4 is 14.8 Å². The van der Waals surface area contributed by atoms with Crippen molar-refractivity contribution in [3.63, 3.8) is 0 Å². The van der Waals surface area contributed by atoms with Crippen LogP contribution in [0.15, 0.2) is 71.0 Å². The van der Waals surface area contributed by atoms with E-state index in [1.807, 2.05) is 62.4 Å². The molecule has 0 fully saturated rings. The van der Waals surface area contributed by atoms with Gasteiger partial charge in [0.05, 0.1) is 26.0 Å². The van der Waals surface area contributed by atoms with E-state index in [2.05, 4.69) is 10.3 Å². The summed E-state index contributed by atoms with van der Waals surface area (Å²) in [6.07, 6.45) is 5.03. The molecule has 2 aromatic carbocycles. The number of hydrogen-bond donors (Lipinski definition) is 1. The van der Waals surface area contributed by atoms with E-state index in [4.69, 9.17) is 14.6 Å². The maximum Gasteiger partial charge on any atom is 0.323 e. The Labute approximate surface area is 211 Å². The zero-order chi connectivity index (χ0) is 25.5. The molecule has 2 atom stereocenters. The van der Waals surface area contributed by atoms with E-state index < -0.39 is 6.17 Å². The van der Waals surface area contributed by atoms with Gasteiger partial charge in [0.25, 0.3) is 0 Å². The summed E-state index contributed by atoms with van der Waals surface area (Å²) in [6.45, 7) is 4.82. The molecule has 0 bridgehead atoms. The number of carbonyl (C=O) groups excluding carboxylic acids is 2. The Hall–Kier alpha value is -4.14. The zero-order valence-electron chi connectivity index (χ0n) is 20.8. The Morgan fingerprint density at radius 3 is 2.64 bits per heavy atom. The van der Waals surface area contributed by atoms with Crippen LogP contribution in [0, 0.1) is 5.92 Å². The molecule has 0 saturated heterocycles. The summed E-state index contributed by atoms with van der Waals surface area (Å²) in [6, 6.07) is 14.7. The number of ether oxygens (including phenoxy) is 2. The molecular weight excluding hydrogens is 458 g/mol. The van der Waals surface area contributed by atoms with Crippen molar-refractivity contribution >= 4 is 23.9 Å². The fourth-order valence-electron chi connectivity index (χ4n) is 4.24. The number of methoxy groups -OCH3 is 1. The average Bonchev–Trinajstić information content (AvgIpc) is 2.93. The second-order valence-corrected chi connectivity index (χ2v) is 8.38. The molecule has 1 N–H and O–H groups in total. The molecule has 0 radical (unpaired) electrons. The number of benzene rings is 2. The molecule has 0 saturated carbocycles. The molecule has 9 heteroatoms. The van der Waals surface area contributed by atoms with E-state index in [-0.39, 0.29) is 24.3 Å². The molecule has 36 heavy (non-hydrogen) atoms. The molecule has 4 rings (SSSR count). The predicted molar refractivity (Wildman–Crippen MR) is 138 cm³/mol. The molecule has 0 aliphatic carbocycles. The number of urea groups is 1. The zero-order valence-corrected chi connectivity index (χ0v) is 20.8. The highest BCUT2D eigenvalue weighted by molar-refractivity contribution is 6.06. The Morgan fingerprint density at radius 1 is 1.17 bits per heavy atom. The van der Waals surface area contributed by atoms with E-state index in [0.29, 0.717) is 24.7 Å². The highest BCUT2D eigenvalue weighted by Crippen LogP contribution is 2.33. The highest BCUT2D eigenvalue weighted by atomic mass is 16.5. The van der Waals surface area contributed by atoms with Crippen LogP contribution in [0.25, 0.3) is 0 Å². The summed E-state index contributed by atoms with van der Waals surface area (Å²) < 4.78 is 11.2. The van der Waals surface area contributed by atoms with Crippen LogP contribution >= 0.6 is 0 Å². The lowest BCUT2D eigenvalue weighted by Gasteiger charge is -2.35. The molecule has 0 aromatic heterocycles. The van der Waals surface area contributed by atoms with Crippen molar-refractivity contribution in [1.82, 2.24) is 15.2 Å². The molecule has 2 heterocycles. The summed E-state index contributed by atoms with van der Waals surface area (Å²) >= 11 is 0. The summed E-state index contributed by atoms with van der Waals surface area (Å²) in [7, 11) is 1.60. The maximum absolute atomic E-state index is 13.3. The van der Waals surface area contributed by atoms with Gasteiger partial charge in [-0.2, -0.15) is 5.10 Å². The standard InChI is InChI=1S/C27H31N5O4/c1-4-19-18-24(33)32(30-25(19)21-11-12-22(36-5-2)23(17-21)35-3)26(20-9-7-6-8-10-20)29-27(34)31-15-13-28-14-16-31/h6-15,17,19,26H,4-5,16,18H2,1-3H3,(H,29,34). The van der Waals surface area contributed by atoms with Crippen molar-refractivity contribution in [2.45, 2.75) is 32.9 Å². The number of aliphatic imine (C=N–C) groups is 1. The van der Waals surface area contributed by atoms with Crippen LogP contribution in [-0.4, -0.2) is 54.0 Å². The third kappa shape index (κ3) is 5.40. The van der Waals surface area contributed by atoms with Crippen molar-refractivity contribution in [2.75, 3.05) is 20.3 Å². The topological polar surface area (TPSA) is 95.8 Å². The number of hydrazone groups is 1. The Bertz CT molecular complexity index is 1180. The fourth-order valence-corrected chi connectivity index (χ4v) is 4.24. The van der Waals surface area contributed by atoms with Crippen LogP contribution in [0.3, 0.4) is 0 Å². The van der Waals surface area contributed by atoms with Gasteiger partial charge in [-0.1, -0.05) is 37.3 Å². The van der Waals surface area contributed by atoms with Crippen LogP contribution in [-0.2, 0) is 4.79 Å². The number of nitrogens with one attached hydrogen (secondary N) is 1. The number of rotatable bonds is 8. The lowest BCUT2D eigenvalue weighted by Crippen LogP contribution is -2.49. The largest absolute Gasteiger partial charge is 0.493 e. The maximum atomic E-state index is 13.3.